The van der Waals surface area contributed by atoms with Crippen molar-refractivity contribution in [1.29, 1.82) is 0 Å². The van der Waals surface area contributed by atoms with Gasteiger partial charge < -0.3 is 10.1 Å². The van der Waals surface area contributed by atoms with Crippen LogP contribution in [-0.4, -0.2) is 27.8 Å². The lowest BCUT2D eigenvalue weighted by Crippen LogP contribution is -2.54. The van der Waals surface area contributed by atoms with E-state index in [2.05, 4.69) is 10.6 Å². The Balaban J connectivity index is 1.40. The van der Waals surface area contributed by atoms with Crippen molar-refractivity contribution in [3.63, 3.8) is 0 Å². The van der Waals surface area contributed by atoms with Gasteiger partial charge in [-0.3, -0.25) is 30.3 Å². The number of hydrogen-bond donors (Lipinski definition) is 2. The van der Waals surface area contributed by atoms with Crippen molar-refractivity contribution in [1.82, 2.24) is 5.32 Å². The van der Waals surface area contributed by atoms with Gasteiger partial charge in [-0.25, -0.2) is 0 Å². The molecule has 1 fully saturated rings. The summed E-state index contributed by atoms with van der Waals surface area (Å²) in [5.74, 6) is -0.463. The number of nitrogens with zero attached hydrogens (tertiary/aromatic N) is 2. The van der Waals surface area contributed by atoms with Crippen molar-refractivity contribution < 1.29 is 19.4 Å². The van der Waals surface area contributed by atoms with E-state index in [0.29, 0.717) is 28.1 Å². The van der Waals surface area contributed by atoms with Gasteiger partial charge in [-0.1, -0.05) is 42.5 Å². The summed E-state index contributed by atoms with van der Waals surface area (Å²) in [5, 5.41) is 29.4. The Bertz CT molecular complexity index is 1330. The van der Waals surface area contributed by atoms with Crippen LogP contribution in [0.25, 0.3) is 0 Å². The zero-order chi connectivity index (χ0) is 24.7. The van der Waals surface area contributed by atoms with Crippen molar-refractivity contribution >= 4 is 17.3 Å². The number of ether oxygens (including phenoxy) is 1. The quantitative estimate of drug-likeness (QED) is 0.410. The summed E-state index contributed by atoms with van der Waals surface area (Å²) in [5.41, 5.74) is 1.05. The summed E-state index contributed by atoms with van der Waals surface area (Å²) in [6, 6.07) is 18.6. The minimum absolute atomic E-state index is 0.0126. The summed E-state index contributed by atoms with van der Waals surface area (Å²) in [7, 11) is 0. The molecule has 0 aromatic heterocycles. The van der Waals surface area contributed by atoms with Crippen LogP contribution in [0.15, 0.2) is 72.8 Å². The topological polar surface area (TPSA) is 137 Å². The Morgan fingerprint density at radius 2 is 1.74 bits per heavy atom. The highest BCUT2D eigenvalue weighted by Crippen LogP contribution is 2.49. The van der Waals surface area contributed by atoms with Crippen molar-refractivity contribution in [2.45, 2.75) is 37.1 Å². The number of non-ortho nitro benzene ring substituents is 1. The molecular formula is C25H22N4O6. The maximum Gasteiger partial charge on any atom is 0.269 e. The molecule has 4 atom stereocenters. The lowest BCUT2D eigenvalue weighted by Gasteiger charge is -2.25. The van der Waals surface area contributed by atoms with E-state index in [4.69, 9.17) is 4.74 Å². The molecule has 1 amide bonds. The van der Waals surface area contributed by atoms with Gasteiger partial charge in [0.2, 0.25) is 0 Å². The zero-order valence-electron chi connectivity index (χ0n) is 18.7. The standard InChI is InChI=1S/C25H22N4O6/c1-15-22(23(29(33)34)25(27-15)20-7-2-3-8-21(20)26-24(25)30)17-9-11-19(12-10-17)35-14-16-5-4-6-18(13-16)28(31)32/h2-13,15,22-23,27H,14H2,1H3,(H,26,30)/t15-,22-,23+,25-/m0/s1. The smallest absolute Gasteiger partial charge is 0.269 e. The summed E-state index contributed by atoms with van der Waals surface area (Å²) < 4.78 is 5.77. The van der Waals surface area contributed by atoms with Crippen LogP contribution in [0, 0.1) is 20.2 Å². The Kier molecular flexibility index (Phi) is 5.45. The van der Waals surface area contributed by atoms with Crippen LogP contribution in [0.2, 0.25) is 0 Å². The molecule has 35 heavy (non-hydrogen) atoms. The number of carbonyl (C=O) groups is 1. The molecule has 2 N–H and O–H groups in total. The number of nitrogens with one attached hydrogen (secondary N) is 2. The Morgan fingerprint density at radius 1 is 1.00 bits per heavy atom. The number of rotatable bonds is 6. The highest BCUT2D eigenvalue weighted by Gasteiger charge is 2.67. The second-order valence-electron chi connectivity index (χ2n) is 8.78. The van der Waals surface area contributed by atoms with Gasteiger partial charge in [0, 0.05) is 34.3 Å². The van der Waals surface area contributed by atoms with Gasteiger partial charge in [-0.05, 0) is 36.2 Å². The number of nitro benzene ring substituents is 1. The molecule has 0 unspecified atom stereocenters. The van der Waals surface area contributed by atoms with Crippen LogP contribution in [0.4, 0.5) is 11.4 Å². The minimum Gasteiger partial charge on any atom is -0.489 e. The predicted octanol–water partition coefficient (Wildman–Crippen LogP) is 3.74. The van der Waals surface area contributed by atoms with Gasteiger partial charge in [-0.2, -0.15) is 0 Å². The van der Waals surface area contributed by atoms with Crippen LogP contribution in [0.1, 0.15) is 29.5 Å². The fourth-order valence-electron chi connectivity index (χ4n) is 5.27. The van der Waals surface area contributed by atoms with Crippen molar-refractivity contribution in [2.75, 3.05) is 5.32 Å². The SMILES string of the molecule is C[C@@H]1N[C@]2(C(=O)Nc3ccccc32)[C@H]([N+](=O)[O-])[C@@H]1c1ccc(OCc2cccc([N+](=O)[O-])c2)cc1. The van der Waals surface area contributed by atoms with Gasteiger partial charge in [0.1, 0.15) is 12.4 Å². The fourth-order valence-corrected chi connectivity index (χ4v) is 5.27. The van der Waals surface area contributed by atoms with Crippen molar-refractivity contribution in [2.24, 2.45) is 0 Å². The second-order valence-corrected chi connectivity index (χ2v) is 8.78. The molecule has 0 saturated carbocycles. The average Bonchev–Trinajstić information content (AvgIpc) is 3.32. The summed E-state index contributed by atoms with van der Waals surface area (Å²) in [4.78, 5) is 35.6. The molecule has 2 aliphatic rings. The number of anilines is 1. The highest BCUT2D eigenvalue weighted by molar-refractivity contribution is 6.07. The summed E-state index contributed by atoms with van der Waals surface area (Å²) in [6.45, 7) is 1.98. The largest absolute Gasteiger partial charge is 0.489 e. The number of para-hydroxylation sites is 1. The van der Waals surface area contributed by atoms with Crippen LogP contribution >= 0.6 is 0 Å². The molecule has 10 heteroatoms. The number of hydrogen-bond acceptors (Lipinski definition) is 7. The predicted molar refractivity (Wildman–Crippen MR) is 127 cm³/mol. The van der Waals surface area contributed by atoms with Crippen LogP contribution < -0.4 is 15.4 Å². The molecule has 178 valence electrons. The van der Waals surface area contributed by atoms with E-state index in [-0.39, 0.29) is 23.3 Å². The first-order valence-corrected chi connectivity index (χ1v) is 11.1. The van der Waals surface area contributed by atoms with Crippen LogP contribution in [-0.2, 0) is 16.9 Å². The molecule has 2 aliphatic heterocycles. The molecule has 1 spiro atoms. The number of nitro groups is 2. The summed E-state index contributed by atoms with van der Waals surface area (Å²) >= 11 is 0. The highest BCUT2D eigenvalue weighted by atomic mass is 16.6. The third-order valence-electron chi connectivity index (χ3n) is 6.76. The molecule has 0 bridgehead atoms. The third-order valence-corrected chi connectivity index (χ3v) is 6.76. The number of carbonyl (C=O) groups excluding carboxylic acids is 1. The minimum atomic E-state index is -1.46. The average molecular weight is 474 g/mol. The molecule has 0 aliphatic carbocycles. The van der Waals surface area contributed by atoms with Crippen molar-refractivity contribution in [3.05, 3.63) is 110 Å². The van der Waals surface area contributed by atoms with Gasteiger partial charge in [0.15, 0.2) is 5.54 Å². The second kappa shape index (κ2) is 8.48. The van der Waals surface area contributed by atoms with Gasteiger partial charge in [0.05, 0.1) is 10.8 Å². The number of benzene rings is 3. The molecule has 10 nitrogen and oxygen atoms in total. The Labute approximate surface area is 200 Å². The number of fused-ring (bicyclic) bond motifs is 2. The lowest BCUT2D eigenvalue weighted by atomic mass is 9.78. The van der Waals surface area contributed by atoms with Crippen LogP contribution in [0.5, 0.6) is 5.75 Å². The Morgan fingerprint density at radius 3 is 2.46 bits per heavy atom. The van der Waals surface area contributed by atoms with E-state index < -0.39 is 28.3 Å². The first kappa shape index (κ1) is 22.5. The zero-order valence-corrected chi connectivity index (χ0v) is 18.7. The normalized spacial score (nSPS) is 24.7. The van der Waals surface area contributed by atoms with Gasteiger partial charge >= 0.3 is 0 Å². The van der Waals surface area contributed by atoms with Crippen LogP contribution in [0.3, 0.4) is 0 Å². The van der Waals surface area contributed by atoms with E-state index in [1.54, 1.807) is 60.7 Å². The third kappa shape index (κ3) is 3.68. The maximum atomic E-state index is 13.1. The van der Waals surface area contributed by atoms with E-state index >= 15 is 0 Å². The lowest BCUT2D eigenvalue weighted by molar-refractivity contribution is -0.532. The maximum absolute atomic E-state index is 13.1. The van der Waals surface area contributed by atoms with Crippen molar-refractivity contribution in [3.8, 4) is 5.75 Å². The molecule has 3 aromatic rings. The molecule has 5 rings (SSSR count). The van der Waals surface area contributed by atoms with Gasteiger partial charge in [-0.15, -0.1) is 0 Å². The monoisotopic (exact) mass is 474 g/mol. The first-order chi connectivity index (χ1) is 16.8. The van der Waals surface area contributed by atoms with E-state index in [9.17, 15) is 25.0 Å². The number of amides is 1. The fraction of sp³-hybridized carbons (Fsp3) is 0.240. The molecule has 0 radical (unpaired) electrons. The van der Waals surface area contributed by atoms with E-state index in [0.717, 1.165) is 0 Å². The van der Waals surface area contributed by atoms with E-state index in [1.165, 1.54) is 12.1 Å². The first-order valence-electron chi connectivity index (χ1n) is 11.1. The molecule has 3 aromatic carbocycles. The molecule has 2 heterocycles. The van der Waals surface area contributed by atoms with E-state index in [1.807, 2.05) is 6.92 Å². The molecule has 1 saturated heterocycles. The Hall–Kier alpha value is -4.31. The summed E-state index contributed by atoms with van der Waals surface area (Å²) in [6.07, 6.45) is 0. The van der Waals surface area contributed by atoms with Gasteiger partial charge in [0.25, 0.3) is 17.6 Å². The molecular weight excluding hydrogens is 452 g/mol.